The van der Waals surface area contributed by atoms with Crippen LogP contribution in [0.2, 0.25) is 0 Å². The van der Waals surface area contributed by atoms with Crippen LogP contribution in [-0.4, -0.2) is 17.0 Å². The summed E-state index contributed by atoms with van der Waals surface area (Å²) in [6.07, 6.45) is 2.33. The van der Waals surface area contributed by atoms with Crippen LogP contribution in [0.15, 0.2) is 30.3 Å². The van der Waals surface area contributed by atoms with Crippen LogP contribution in [0.5, 0.6) is 5.75 Å². The van der Waals surface area contributed by atoms with E-state index in [1.54, 1.807) is 30.3 Å². The molecule has 1 aromatic carbocycles. The van der Waals surface area contributed by atoms with Crippen LogP contribution in [0.4, 0.5) is 0 Å². The molecule has 4 nitrogen and oxygen atoms in total. The number of carboxylic acid groups (broad SMARTS) is 1. The molecule has 1 rings (SSSR count). The Kier molecular flexibility index (Phi) is 9.27. The summed E-state index contributed by atoms with van der Waals surface area (Å²) in [7, 11) is 0. The second kappa shape index (κ2) is 10.3. The minimum absolute atomic E-state index is 0.107. The van der Waals surface area contributed by atoms with Crippen LogP contribution < -0.4 is 4.74 Å². The molecule has 0 unspecified atom stereocenters. The molecule has 0 aliphatic rings. The Balaban J connectivity index is 0.000000631. The number of ether oxygens (including phenoxy) is 1. The van der Waals surface area contributed by atoms with Gasteiger partial charge in [0, 0.05) is 0 Å². The van der Waals surface area contributed by atoms with E-state index in [0.29, 0.717) is 5.75 Å². The average Bonchev–Trinajstić information content (AvgIpc) is 2.38. The van der Waals surface area contributed by atoms with Gasteiger partial charge in [-0.25, -0.2) is 0 Å². The molecule has 0 aliphatic heterocycles. The quantitative estimate of drug-likeness (QED) is 0.645. The lowest BCUT2D eigenvalue weighted by Crippen LogP contribution is -2.09. The summed E-state index contributed by atoms with van der Waals surface area (Å²) in [4.78, 5) is 21.2. The molecule has 0 amide bonds. The zero-order valence-corrected chi connectivity index (χ0v) is 10.9. The van der Waals surface area contributed by atoms with Gasteiger partial charge in [-0.05, 0) is 12.1 Å². The Hall–Kier alpha value is -1.84. The summed E-state index contributed by atoms with van der Waals surface area (Å²) in [5.41, 5.74) is 0. The molecule has 4 heteroatoms. The van der Waals surface area contributed by atoms with E-state index in [9.17, 15) is 9.59 Å². The predicted octanol–water partition coefficient (Wildman–Crippen LogP) is 3.26. The van der Waals surface area contributed by atoms with Crippen LogP contribution in [0, 0.1) is 0 Å². The molecule has 0 atom stereocenters. The van der Waals surface area contributed by atoms with E-state index in [0.717, 1.165) is 0 Å². The van der Waals surface area contributed by atoms with Gasteiger partial charge in [0.05, 0.1) is 12.8 Å². The Labute approximate surface area is 108 Å². The highest BCUT2D eigenvalue weighted by molar-refractivity contribution is 5.78. The van der Waals surface area contributed by atoms with E-state index in [1.165, 1.54) is 12.8 Å². The van der Waals surface area contributed by atoms with Gasteiger partial charge in [0.25, 0.3) is 0 Å². The monoisotopic (exact) mass is 252 g/mol. The van der Waals surface area contributed by atoms with Crippen LogP contribution in [0.1, 0.15) is 39.5 Å². The molecule has 1 N–H and O–H groups in total. The Bertz CT molecular complexity index is 344. The molecule has 0 saturated heterocycles. The molecule has 1 aromatic rings. The largest absolute Gasteiger partial charge is 0.481 e. The van der Waals surface area contributed by atoms with Gasteiger partial charge in [0.1, 0.15) is 5.75 Å². The van der Waals surface area contributed by atoms with Crippen molar-refractivity contribution in [1.82, 2.24) is 0 Å². The normalized spacial score (nSPS) is 9.00. The highest BCUT2D eigenvalue weighted by atomic mass is 16.5. The third kappa shape index (κ3) is 9.39. The van der Waals surface area contributed by atoms with Crippen molar-refractivity contribution >= 4 is 11.9 Å². The highest BCUT2D eigenvalue weighted by Gasteiger charge is 2.06. The summed E-state index contributed by atoms with van der Waals surface area (Å²) in [5, 5.41) is 8.32. The van der Waals surface area contributed by atoms with Crippen molar-refractivity contribution in [2.24, 2.45) is 0 Å². The predicted molar refractivity (Wildman–Crippen MR) is 69.5 cm³/mol. The first-order chi connectivity index (χ1) is 8.60. The maximum atomic E-state index is 11.0. The molecular formula is C14H20O4. The van der Waals surface area contributed by atoms with Gasteiger partial charge in [-0.1, -0.05) is 44.9 Å². The maximum Gasteiger partial charge on any atom is 0.311 e. The molecule has 0 heterocycles. The van der Waals surface area contributed by atoms with Crippen LogP contribution in [0.25, 0.3) is 0 Å². The van der Waals surface area contributed by atoms with Crippen molar-refractivity contribution in [3.8, 4) is 5.75 Å². The second-order valence-corrected chi connectivity index (χ2v) is 3.68. The van der Waals surface area contributed by atoms with Gasteiger partial charge in [-0.3, -0.25) is 9.59 Å². The van der Waals surface area contributed by atoms with Gasteiger partial charge in [-0.15, -0.1) is 0 Å². The topological polar surface area (TPSA) is 63.6 Å². The summed E-state index contributed by atoms with van der Waals surface area (Å²) >= 11 is 0. The summed E-state index contributed by atoms with van der Waals surface area (Å²) in [5.74, 6) is -1.10. The van der Waals surface area contributed by atoms with E-state index >= 15 is 0 Å². The number of carbonyl (C=O) groups excluding carboxylic acids is 1. The molecule has 0 bridgehead atoms. The number of unbranched alkanes of at least 4 members (excludes halogenated alkanes) is 1. The standard InChI is InChI=1S/C10H10O4.C4H10/c11-9(12)6-7-10(13)14-8-4-2-1-3-5-8;1-3-4-2/h1-5H,6-7H2,(H,11,12);3-4H2,1-2H3. The average molecular weight is 252 g/mol. The molecule has 0 saturated carbocycles. The number of carboxylic acids is 1. The van der Waals surface area contributed by atoms with Crippen molar-refractivity contribution in [3.05, 3.63) is 30.3 Å². The highest BCUT2D eigenvalue weighted by Crippen LogP contribution is 2.09. The van der Waals surface area contributed by atoms with Crippen LogP contribution in [0.3, 0.4) is 0 Å². The first-order valence-electron chi connectivity index (χ1n) is 6.07. The van der Waals surface area contributed by atoms with Gasteiger partial charge in [0.2, 0.25) is 0 Å². The number of carbonyl (C=O) groups is 2. The second-order valence-electron chi connectivity index (χ2n) is 3.68. The zero-order chi connectivity index (χ0) is 13.8. The fourth-order valence-electron chi connectivity index (χ4n) is 0.880. The lowest BCUT2D eigenvalue weighted by atomic mass is 10.3. The smallest absolute Gasteiger partial charge is 0.311 e. The number of rotatable bonds is 5. The van der Waals surface area contributed by atoms with Crippen molar-refractivity contribution in [2.75, 3.05) is 0 Å². The Morgan fingerprint density at radius 2 is 1.61 bits per heavy atom. The van der Waals surface area contributed by atoms with E-state index in [2.05, 4.69) is 13.8 Å². The number of hydrogen-bond acceptors (Lipinski definition) is 3. The molecular weight excluding hydrogens is 232 g/mol. The number of hydrogen-bond donors (Lipinski definition) is 1. The third-order valence-corrected chi connectivity index (χ3v) is 2.02. The van der Waals surface area contributed by atoms with Gasteiger partial charge < -0.3 is 9.84 Å². The molecule has 18 heavy (non-hydrogen) atoms. The Morgan fingerprint density at radius 3 is 2.06 bits per heavy atom. The first-order valence-corrected chi connectivity index (χ1v) is 6.07. The van der Waals surface area contributed by atoms with Crippen molar-refractivity contribution < 1.29 is 19.4 Å². The third-order valence-electron chi connectivity index (χ3n) is 2.02. The van der Waals surface area contributed by atoms with Gasteiger partial charge in [-0.2, -0.15) is 0 Å². The molecule has 0 aliphatic carbocycles. The summed E-state index contributed by atoms with van der Waals surface area (Å²) < 4.78 is 4.86. The Morgan fingerprint density at radius 1 is 1.06 bits per heavy atom. The molecule has 0 aromatic heterocycles. The first kappa shape index (κ1) is 16.2. The van der Waals surface area contributed by atoms with Gasteiger partial charge in [0.15, 0.2) is 0 Å². The van der Waals surface area contributed by atoms with E-state index in [4.69, 9.17) is 9.84 Å². The molecule has 0 spiro atoms. The number of para-hydroxylation sites is 1. The molecule has 100 valence electrons. The molecule has 0 fully saturated rings. The van der Waals surface area contributed by atoms with Crippen LogP contribution >= 0.6 is 0 Å². The van der Waals surface area contributed by atoms with Crippen molar-refractivity contribution in [1.29, 1.82) is 0 Å². The minimum atomic E-state index is -1.00. The van der Waals surface area contributed by atoms with E-state index < -0.39 is 11.9 Å². The fraction of sp³-hybridized carbons (Fsp3) is 0.429. The van der Waals surface area contributed by atoms with Crippen molar-refractivity contribution in [3.63, 3.8) is 0 Å². The lowest BCUT2D eigenvalue weighted by Gasteiger charge is -2.01. The number of aliphatic carboxylic acids is 1. The lowest BCUT2D eigenvalue weighted by molar-refractivity contribution is -0.142. The van der Waals surface area contributed by atoms with E-state index in [-0.39, 0.29) is 12.8 Å². The maximum absolute atomic E-state index is 11.0. The number of benzene rings is 1. The van der Waals surface area contributed by atoms with Crippen LogP contribution in [-0.2, 0) is 9.59 Å². The summed E-state index contributed by atoms with van der Waals surface area (Å²) in [6, 6.07) is 8.55. The summed E-state index contributed by atoms with van der Waals surface area (Å²) in [6.45, 7) is 4.36. The van der Waals surface area contributed by atoms with Gasteiger partial charge >= 0.3 is 11.9 Å². The molecule has 0 radical (unpaired) electrons. The fourth-order valence-corrected chi connectivity index (χ4v) is 0.880. The minimum Gasteiger partial charge on any atom is -0.481 e. The number of esters is 1. The van der Waals surface area contributed by atoms with Crippen molar-refractivity contribution in [2.45, 2.75) is 39.5 Å². The SMILES string of the molecule is CCCC.O=C(O)CCC(=O)Oc1ccccc1. The zero-order valence-electron chi connectivity index (χ0n) is 10.9. The van der Waals surface area contributed by atoms with E-state index in [1.807, 2.05) is 0 Å².